The van der Waals surface area contributed by atoms with Crippen LogP contribution in [0.1, 0.15) is 20.8 Å². The van der Waals surface area contributed by atoms with Crippen molar-refractivity contribution in [2.75, 3.05) is 12.0 Å². The Morgan fingerprint density at radius 2 is 1.79 bits per heavy atom. The second-order valence-corrected chi connectivity index (χ2v) is 5.77. The van der Waals surface area contributed by atoms with E-state index < -0.39 is 42.7 Å². The second kappa shape index (κ2) is 9.97. The van der Waals surface area contributed by atoms with Gasteiger partial charge in [-0.2, -0.15) is 5.10 Å². The van der Waals surface area contributed by atoms with Crippen molar-refractivity contribution < 1.29 is 38.2 Å². The number of hydrogen-bond acceptors (Lipinski definition) is 11. The summed E-state index contributed by atoms with van der Waals surface area (Å²) in [5, 5.41) is 7.58. The predicted octanol–water partition coefficient (Wildman–Crippen LogP) is 0.794. The van der Waals surface area contributed by atoms with Gasteiger partial charge in [0.1, 0.15) is 6.61 Å². The third kappa shape index (κ3) is 6.41. The summed E-state index contributed by atoms with van der Waals surface area (Å²) in [6, 6.07) is 8.70. The summed E-state index contributed by atoms with van der Waals surface area (Å²) < 4.78 is 15.2. The first-order valence-electron chi connectivity index (χ1n) is 8.44. The first-order chi connectivity index (χ1) is 13.8. The molecule has 1 saturated heterocycles. The highest BCUT2D eigenvalue weighted by Gasteiger charge is 2.46. The lowest BCUT2D eigenvalue weighted by molar-refractivity contribution is -0.165. The number of ether oxygens (including phenoxy) is 3. The Morgan fingerprint density at radius 1 is 1.10 bits per heavy atom. The molecule has 0 saturated carbocycles. The molecule has 0 aromatic heterocycles. The van der Waals surface area contributed by atoms with Crippen LogP contribution >= 0.6 is 0 Å². The molecular formula is C18H19N3O8. The normalized spacial score (nSPS) is 19.4. The molecule has 0 amide bonds. The van der Waals surface area contributed by atoms with Gasteiger partial charge in [0.05, 0.1) is 5.69 Å². The van der Waals surface area contributed by atoms with Gasteiger partial charge in [0.15, 0.2) is 23.6 Å². The van der Waals surface area contributed by atoms with Gasteiger partial charge in [0, 0.05) is 20.8 Å². The summed E-state index contributed by atoms with van der Waals surface area (Å²) in [6.07, 6.45) is -2.53. The van der Waals surface area contributed by atoms with Crippen LogP contribution in [0.15, 0.2) is 40.6 Å². The maximum atomic E-state index is 12.3. The van der Waals surface area contributed by atoms with E-state index in [0.29, 0.717) is 5.69 Å². The number of carbonyl (C=O) groups excluding carboxylic acids is 4. The number of hydrazone groups is 1. The van der Waals surface area contributed by atoms with Crippen molar-refractivity contribution >= 4 is 41.0 Å². The van der Waals surface area contributed by atoms with Crippen LogP contribution in [0.25, 0.3) is 0 Å². The maximum Gasteiger partial charge on any atom is 0.361 e. The molecule has 1 heterocycles. The third-order valence-electron chi connectivity index (χ3n) is 3.39. The van der Waals surface area contributed by atoms with Crippen molar-refractivity contribution in [1.29, 1.82) is 0 Å². The van der Waals surface area contributed by atoms with Crippen molar-refractivity contribution in [3.8, 4) is 0 Å². The fraction of sp³-hybridized carbons (Fsp3) is 0.333. The monoisotopic (exact) mass is 405 g/mol. The van der Waals surface area contributed by atoms with Crippen LogP contribution in [0, 0.1) is 0 Å². The van der Waals surface area contributed by atoms with Crippen LogP contribution < -0.4 is 5.43 Å². The van der Waals surface area contributed by atoms with E-state index in [4.69, 9.17) is 14.2 Å². The van der Waals surface area contributed by atoms with E-state index in [1.54, 1.807) is 30.3 Å². The van der Waals surface area contributed by atoms with Crippen LogP contribution in [0.5, 0.6) is 0 Å². The van der Waals surface area contributed by atoms with Gasteiger partial charge >= 0.3 is 23.9 Å². The summed E-state index contributed by atoms with van der Waals surface area (Å²) in [5.74, 6) is -3.00. The van der Waals surface area contributed by atoms with Crippen molar-refractivity contribution in [1.82, 2.24) is 0 Å². The van der Waals surface area contributed by atoms with Gasteiger partial charge in [-0.25, -0.2) is 9.59 Å². The van der Waals surface area contributed by atoms with Crippen LogP contribution in [0.3, 0.4) is 0 Å². The molecule has 0 radical (unpaired) electrons. The fourth-order valence-electron chi connectivity index (χ4n) is 2.26. The highest BCUT2D eigenvalue weighted by atomic mass is 16.7. The summed E-state index contributed by atoms with van der Waals surface area (Å²) in [4.78, 5) is 50.7. The minimum absolute atomic E-state index is 0.202. The van der Waals surface area contributed by atoms with Gasteiger partial charge in [0.25, 0.3) is 0 Å². The zero-order valence-corrected chi connectivity index (χ0v) is 15.9. The van der Waals surface area contributed by atoms with Crippen molar-refractivity contribution in [2.45, 2.75) is 33.0 Å². The number of nitrogens with one attached hydrogen (secondary N) is 1. The van der Waals surface area contributed by atoms with Gasteiger partial charge in [-0.15, -0.1) is 0 Å². The van der Waals surface area contributed by atoms with Gasteiger partial charge in [-0.05, 0) is 12.1 Å². The molecule has 0 aliphatic carbocycles. The number of nitrogens with zero attached hydrogens (tertiary/aromatic N) is 2. The van der Waals surface area contributed by atoms with Crippen LogP contribution in [0.4, 0.5) is 5.69 Å². The zero-order valence-electron chi connectivity index (χ0n) is 15.9. The molecule has 2 atom stereocenters. The van der Waals surface area contributed by atoms with E-state index in [1.807, 2.05) is 0 Å². The Hall–Kier alpha value is -3.76. The molecule has 1 N–H and O–H groups in total. The largest absolute Gasteiger partial charge is 0.462 e. The number of hydrogen-bond donors (Lipinski definition) is 1. The molecule has 1 aromatic rings. The molecule has 29 heavy (non-hydrogen) atoms. The molecule has 0 unspecified atom stereocenters. The van der Waals surface area contributed by atoms with E-state index >= 15 is 0 Å². The predicted molar refractivity (Wildman–Crippen MR) is 98.8 cm³/mol. The van der Waals surface area contributed by atoms with E-state index in [0.717, 1.165) is 20.8 Å². The number of cyclic esters (lactones) is 1. The van der Waals surface area contributed by atoms with Gasteiger partial charge in [-0.1, -0.05) is 23.4 Å². The first kappa shape index (κ1) is 21.5. The van der Waals surface area contributed by atoms with Crippen LogP contribution in [-0.4, -0.2) is 54.1 Å². The van der Waals surface area contributed by atoms with Gasteiger partial charge in [-0.3, -0.25) is 15.0 Å². The summed E-state index contributed by atoms with van der Waals surface area (Å²) in [7, 11) is 0. The number of oxime groups is 1. The molecular weight excluding hydrogens is 386 g/mol. The highest BCUT2D eigenvalue weighted by molar-refractivity contribution is 6.69. The highest BCUT2D eigenvalue weighted by Crippen LogP contribution is 2.19. The molecule has 2 rings (SSSR count). The summed E-state index contributed by atoms with van der Waals surface area (Å²) in [5.41, 5.74) is 2.73. The molecule has 1 fully saturated rings. The van der Waals surface area contributed by atoms with E-state index in [9.17, 15) is 19.2 Å². The summed E-state index contributed by atoms with van der Waals surface area (Å²) >= 11 is 0. The van der Waals surface area contributed by atoms with Gasteiger partial charge < -0.3 is 19.0 Å². The standard InChI is InChI=1S/C18H19N3O8/c1-10(22)26-9-14(27-11(2)23)17-15(21-29-12(3)24)16(18(25)28-17)20-19-13-7-5-4-6-8-13/h4-8,14,17,19H,9H2,1-3H3/b20-16-,21-15-/t14-,17+/m0/s1. The Balaban J connectivity index is 2.35. The number of para-hydroxylation sites is 1. The van der Waals surface area contributed by atoms with Crippen molar-refractivity contribution in [2.24, 2.45) is 10.3 Å². The number of benzene rings is 1. The minimum atomic E-state index is -1.30. The lowest BCUT2D eigenvalue weighted by Crippen LogP contribution is -2.40. The van der Waals surface area contributed by atoms with Crippen molar-refractivity contribution in [3.05, 3.63) is 30.3 Å². The molecule has 11 heteroatoms. The fourth-order valence-corrected chi connectivity index (χ4v) is 2.26. The SMILES string of the molecule is CC(=O)OC[C@H](OC(C)=O)[C@H]1OC(=O)C(=N\Nc2ccccc2)/C1=N/OC(C)=O. The average Bonchev–Trinajstić information content (AvgIpc) is 2.97. The minimum Gasteiger partial charge on any atom is -0.462 e. The number of rotatable bonds is 7. The Bertz CT molecular complexity index is 850. The Kier molecular flexibility index (Phi) is 7.40. The smallest absolute Gasteiger partial charge is 0.361 e. The van der Waals surface area contributed by atoms with E-state index in [2.05, 4.69) is 20.5 Å². The lowest BCUT2D eigenvalue weighted by atomic mass is 10.1. The van der Waals surface area contributed by atoms with Gasteiger partial charge in [0.2, 0.25) is 0 Å². The number of esters is 3. The zero-order chi connectivity index (χ0) is 21.4. The third-order valence-corrected chi connectivity index (χ3v) is 3.39. The summed E-state index contributed by atoms with van der Waals surface area (Å²) in [6.45, 7) is 2.99. The van der Waals surface area contributed by atoms with Crippen LogP contribution in [0.2, 0.25) is 0 Å². The molecule has 11 nitrogen and oxygen atoms in total. The number of carbonyl (C=O) groups is 4. The van der Waals surface area contributed by atoms with Crippen LogP contribution in [-0.2, 0) is 38.2 Å². The topological polar surface area (TPSA) is 142 Å². The molecule has 0 spiro atoms. The van der Waals surface area contributed by atoms with E-state index in [-0.39, 0.29) is 11.4 Å². The number of anilines is 1. The van der Waals surface area contributed by atoms with Crippen molar-refractivity contribution in [3.63, 3.8) is 0 Å². The Labute approximate surface area is 165 Å². The molecule has 154 valence electrons. The molecule has 1 aliphatic heterocycles. The second-order valence-electron chi connectivity index (χ2n) is 5.77. The average molecular weight is 405 g/mol. The quantitative estimate of drug-likeness (QED) is 0.301. The molecule has 1 aliphatic rings. The Morgan fingerprint density at radius 3 is 2.38 bits per heavy atom. The lowest BCUT2D eigenvalue weighted by Gasteiger charge is -2.21. The first-order valence-corrected chi connectivity index (χ1v) is 8.44. The molecule has 0 bridgehead atoms. The maximum absolute atomic E-state index is 12.3. The molecule has 1 aromatic carbocycles. The van der Waals surface area contributed by atoms with E-state index in [1.165, 1.54) is 0 Å².